The van der Waals surface area contributed by atoms with Crippen LogP contribution in [0.4, 0.5) is 0 Å². The number of aromatic nitrogens is 2. The summed E-state index contributed by atoms with van der Waals surface area (Å²) in [5.74, 6) is 1.50. The first kappa shape index (κ1) is 13.5. The molecule has 2 rings (SSSR count). The molecule has 0 amide bonds. The van der Waals surface area contributed by atoms with Crippen molar-refractivity contribution in [3.63, 3.8) is 0 Å². The number of hydrogen-bond donors (Lipinski definition) is 1. The Labute approximate surface area is 109 Å². The molecule has 1 aliphatic rings. The van der Waals surface area contributed by atoms with Gasteiger partial charge in [0.2, 0.25) is 5.89 Å². The largest absolute Gasteiger partial charge is 0.338 e. The fourth-order valence-electron chi connectivity index (χ4n) is 2.10. The molecule has 2 heterocycles. The van der Waals surface area contributed by atoms with Crippen LogP contribution < -0.4 is 5.32 Å². The van der Waals surface area contributed by atoms with Gasteiger partial charge in [-0.2, -0.15) is 4.98 Å². The molecule has 0 bridgehead atoms. The monoisotopic (exact) mass is 252 g/mol. The predicted octanol–water partition coefficient (Wildman–Crippen LogP) is 1.55. The van der Waals surface area contributed by atoms with Crippen LogP contribution in [0.5, 0.6) is 0 Å². The van der Waals surface area contributed by atoms with Crippen LogP contribution in [0.25, 0.3) is 0 Å². The van der Waals surface area contributed by atoms with Gasteiger partial charge in [0.15, 0.2) is 5.82 Å². The zero-order chi connectivity index (χ0) is 13.4. The van der Waals surface area contributed by atoms with Crippen LogP contribution >= 0.6 is 0 Å². The summed E-state index contributed by atoms with van der Waals surface area (Å²) < 4.78 is 5.36. The molecule has 1 N–H and O–H groups in total. The summed E-state index contributed by atoms with van der Waals surface area (Å²) >= 11 is 0. The normalized spacial score (nSPS) is 21.2. The molecule has 18 heavy (non-hydrogen) atoms. The minimum Gasteiger partial charge on any atom is -0.338 e. The van der Waals surface area contributed by atoms with E-state index in [9.17, 15) is 0 Å². The molecule has 0 aliphatic carbocycles. The lowest BCUT2D eigenvalue weighted by Crippen LogP contribution is -2.57. The highest BCUT2D eigenvalue weighted by molar-refractivity contribution is 5.00. The van der Waals surface area contributed by atoms with Gasteiger partial charge in [-0.05, 0) is 13.8 Å². The first-order chi connectivity index (χ1) is 8.29. The molecule has 0 saturated carbocycles. The van der Waals surface area contributed by atoms with Gasteiger partial charge < -0.3 is 9.84 Å². The Morgan fingerprint density at radius 1 is 1.39 bits per heavy atom. The van der Waals surface area contributed by atoms with Gasteiger partial charge in [-0.15, -0.1) is 0 Å². The third-order valence-electron chi connectivity index (χ3n) is 3.44. The van der Waals surface area contributed by atoms with Gasteiger partial charge in [-0.25, -0.2) is 0 Å². The van der Waals surface area contributed by atoms with Crippen molar-refractivity contribution in [1.29, 1.82) is 0 Å². The van der Waals surface area contributed by atoms with E-state index in [0.717, 1.165) is 37.9 Å². The van der Waals surface area contributed by atoms with E-state index in [0.29, 0.717) is 0 Å². The van der Waals surface area contributed by atoms with Crippen LogP contribution in [-0.2, 0) is 12.0 Å². The van der Waals surface area contributed by atoms with E-state index in [1.807, 2.05) is 0 Å². The molecule has 102 valence electrons. The number of rotatable bonds is 2. The minimum absolute atomic E-state index is 0.0548. The van der Waals surface area contributed by atoms with Gasteiger partial charge in [-0.3, -0.25) is 4.90 Å². The van der Waals surface area contributed by atoms with Crippen molar-refractivity contribution in [1.82, 2.24) is 20.4 Å². The maximum atomic E-state index is 5.36. The summed E-state index contributed by atoms with van der Waals surface area (Å²) in [4.78, 5) is 6.89. The summed E-state index contributed by atoms with van der Waals surface area (Å²) in [6.07, 6.45) is 0. The topological polar surface area (TPSA) is 54.2 Å². The molecule has 1 fully saturated rings. The zero-order valence-corrected chi connectivity index (χ0v) is 12.1. The highest BCUT2D eigenvalue weighted by Gasteiger charge is 2.31. The minimum atomic E-state index is -0.0548. The Hall–Kier alpha value is -0.940. The SMILES string of the molecule is CC(C)(C)c1noc(CN2CCNCC2(C)C)n1. The molecule has 5 heteroatoms. The van der Waals surface area contributed by atoms with Crippen molar-refractivity contribution in [3.05, 3.63) is 11.7 Å². The molecule has 1 aromatic rings. The van der Waals surface area contributed by atoms with Crippen molar-refractivity contribution in [2.75, 3.05) is 19.6 Å². The van der Waals surface area contributed by atoms with Crippen LogP contribution in [0.1, 0.15) is 46.3 Å². The highest BCUT2D eigenvalue weighted by Crippen LogP contribution is 2.21. The van der Waals surface area contributed by atoms with Gasteiger partial charge in [-0.1, -0.05) is 25.9 Å². The lowest BCUT2D eigenvalue weighted by Gasteiger charge is -2.41. The average Bonchev–Trinajstić information content (AvgIpc) is 2.69. The van der Waals surface area contributed by atoms with Crippen LogP contribution in [0.15, 0.2) is 4.52 Å². The molecule has 0 unspecified atom stereocenters. The summed E-state index contributed by atoms with van der Waals surface area (Å²) in [6.45, 7) is 14.5. The van der Waals surface area contributed by atoms with Crippen LogP contribution in [0, 0.1) is 0 Å². The smallest absolute Gasteiger partial charge is 0.240 e. The van der Waals surface area contributed by atoms with Crippen LogP contribution in [-0.4, -0.2) is 40.2 Å². The van der Waals surface area contributed by atoms with Gasteiger partial charge in [0.05, 0.1) is 6.54 Å². The second-order valence-electron chi connectivity index (χ2n) is 6.67. The summed E-state index contributed by atoms with van der Waals surface area (Å²) in [6, 6.07) is 0. The summed E-state index contributed by atoms with van der Waals surface area (Å²) in [5.41, 5.74) is 0.0787. The van der Waals surface area contributed by atoms with Crippen molar-refractivity contribution in [2.45, 2.75) is 52.1 Å². The Morgan fingerprint density at radius 2 is 2.11 bits per heavy atom. The van der Waals surface area contributed by atoms with Gasteiger partial charge in [0.25, 0.3) is 0 Å². The lowest BCUT2D eigenvalue weighted by molar-refractivity contribution is 0.0711. The lowest BCUT2D eigenvalue weighted by atomic mass is 9.96. The van der Waals surface area contributed by atoms with Crippen LogP contribution in [0.2, 0.25) is 0 Å². The van der Waals surface area contributed by atoms with E-state index in [1.54, 1.807) is 0 Å². The molecule has 1 aromatic heterocycles. The fraction of sp³-hybridized carbons (Fsp3) is 0.846. The van der Waals surface area contributed by atoms with Gasteiger partial charge in [0.1, 0.15) is 0 Å². The van der Waals surface area contributed by atoms with Crippen molar-refractivity contribution < 1.29 is 4.52 Å². The van der Waals surface area contributed by atoms with Crippen LogP contribution in [0.3, 0.4) is 0 Å². The maximum absolute atomic E-state index is 5.36. The van der Waals surface area contributed by atoms with Crippen molar-refractivity contribution >= 4 is 0 Å². The zero-order valence-electron chi connectivity index (χ0n) is 12.1. The molecule has 0 spiro atoms. The quantitative estimate of drug-likeness (QED) is 0.865. The first-order valence-electron chi connectivity index (χ1n) is 6.58. The number of nitrogens with one attached hydrogen (secondary N) is 1. The van der Waals surface area contributed by atoms with Crippen molar-refractivity contribution in [2.24, 2.45) is 0 Å². The molecule has 0 atom stereocenters. The Morgan fingerprint density at radius 3 is 2.67 bits per heavy atom. The number of nitrogens with zero attached hydrogens (tertiary/aromatic N) is 3. The third kappa shape index (κ3) is 2.90. The van der Waals surface area contributed by atoms with E-state index in [4.69, 9.17) is 4.52 Å². The van der Waals surface area contributed by atoms with E-state index in [-0.39, 0.29) is 11.0 Å². The maximum Gasteiger partial charge on any atom is 0.240 e. The first-order valence-corrected chi connectivity index (χ1v) is 6.58. The molecular weight excluding hydrogens is 228 g/mol. The Bertz CT molecular complexity index is 405. The van der Waals surface area contributed by atoms with Crippen molar-refractivity contribution in [3.8, 4) is 0 Å². The Balaban J connectivity index is 2.07. The third-order valence-corrected chi connectivity index (χ3v) is 3.44. The second-order valence-corrected chi connectivity index (χ2v) is 6.67. The molecular formula is C13H24N4O. The van der Waals surface area contributed by atoms with E-state index >= 15 is 0 Å². The van der Waals surface area contributed by atoms with E-state index in [2.05, 4.69) is 55.0 Å². The number of piperazine rings is 1. The standard InChI is InChI=1S/C13H24N4O/c1-12(2,3)11-15-10(18-16-11)8-17-7-6-14-9-13(17,4)5/h14H,6-9H2,1-5H3. The fourth-order valence-corrected chi connectivity index (χ4v) is 2.10. The van der Waals surface area contributed by atoms with E-state index in [1.165, 1.54) is 0 Å². The second kappa shape index (κ2) is 4.63. The predicted molar refractivity (Wildman–Crippen MR) is 70.4 cm³/mol. The number of hydrogen-bond acceptors (Lipinski definition) is 5. The molecule has 1 saturated heterocycles. The van der Waals surface area contributed by atoms with E-state index < -0.39 is 0 Å². The molecule has 0 radical (unpaired) electrons. The molecule has 0 aromatic carbocycles. The average molecular weight is 252 g/mol. The summed E-state index contributed by atoms with van der Waals surface area (Å²) in [5, 5.41) is 7.48. The Kier molecular flexibility index (Phi) is 3.47. The molecule has 5 nitrogen and oxygen atoms in total. The molecule has 1 aliphatic heterocycles. The summed E-state index contributed by atoms with van der Waals surface area (Å²) in [7, 11) is 0. The van der Waals surface area contributed by atoms with Gasteiger partial charge in [0, 0.05) is 30.6 Å². The highest BCUT2D eigenvalue weighted by atomic mass is 16.5. The van der Waals surface area contributed by atoms with Gasteiger partial charge >= 0.3 is 0 Å².